The molecule has 5 heteroatoms. The van der Waals surface area contributed by atoms with Crippen molar-refractivity contribution < 1.29 is 4.79 Å². The molecule has 1 aromatic heterocycles. The van der Waals surface area contributed by atoms with Gasteiger partial charge in [-0.25, -0.2) is 0 Å². The third-order valence-corrected chi connectivity index (χ3v) is 6.02. The third kappa shape index (κ3) is 3.56. The molecule has 1 saturated carbocycles. The fraction of sp³-hybridized carbons (Fsp3) is 0.550. The van der Waals surface area contributed by atoms with E-state index in [0.29, 0.717) is 18.5 Å². The molecule has 25 heavy (non-hydrogen) atoms. The van der Waals surface area contributed by atoms with Gasteiger partial charge in [0, 0.05) is 29.2 Å². The van der Waals surface area contributed by atoms with Crippen molar-refractivity contribution in [3.05, 3.63) is 35.0 Å². The van der Waals surface area contributed by atoms with Gasteiger partial charge in [0.15, 0.2) is 0 Å². The van der Waals surface area contributed by atoms with Crippen molar-refractivity contribution in [2.24, 2.45) is 5.92 Å². The predicted molar refractivity (Wildman–Crippen MR) is 104 cm³/mol. The Bertz CT molecular complexity index is 756. The molecule has 0 spiro atoms. The zero-order valence-corrected chi connectivity index (χ0v) is 15.8. The van der Waals surface area contributed by atoms with E-state index in [4.69, 9.17) is 0 Å². The molecule has 1 aromatic carbocycles. The Balaban J connectivity index is 0.00000182. The van der Waals surface area contributed by atoms with Crippen LogP contribution in [0.15, 0.2) is 18.2 Å². The molecule has 1 aliphatic carbocycles. The van der Waals surface area contributed by atoms with E-state index in [1.54, 1.807) is 0 Å². The molecular weight excluding hydrogens is 334 g/mol. The van der Waals surface area contributed by atoms with Crippen LogP contribution in [-0.2, 0) is 11.3 Å². The Hall–Kier alpha value is -1.52. The number of aryl methyl sites for hydroxylation is 2. The molecule has 4 rings (SSSR count). The lowest BCUT2D eigenvalue weighted by Gasteiger charge is -2.24. The van der Waals surface area contributed by atoms with Gasteiger partial charge in [-0.15, -0.1) is 12.4 Å². The molecule has 3 N–H and O–H groups in total. The summed E-state index contributed by atoms with van der Waals surface area (Å²) in [5, 5.41) is 7.94. The number of carbonyl (C=O) groups is 1. The zero-order chi connectivity index (χ0) is 16.7. The molecular formula is C20H28ClN3O. The van der Waals surface area contributed by atoms with Crippen LogP contribution in [0.1, 0.15) is 48.9 Å². The fourth-order valence-electron chi connectivity index (χ4n) is 4.45. The van der Waals surface area contributed by atoms with Crippen LogP contribution < -0.4 is 10.6 Å². The molecule has 0 bridgehead atoms. The molecule has 4 nitrogen and oxygen atoms in total. The third-order valence-electron chi connectivity index (χ3n) is 6.02. The van der Waals surface area contributed by atoms with E-state index in [-0.39, 0.29) is 24.4 Å². The first kappa shape index (κ1) is 18.3. The van der Waals surface area contributed by atoms with Crippen molar-refractivity contribution in [1.82, 2.24) is 15.6 Å². The lowest BCUT2D eigenvalue weighted by molar-refractivity contribution is -0.123. The Morgan fingerprint density at radius 1 is 1.24 bits per heavy atom. The minimum absolute atomic E-state index is 0. The number of amides is 1. The van der Waals surface area contributed by atoms with Crippen LogP contribution in [0, 0.1) is 19.8 Å². The molecule has 0 radical (unpaired) electrons. The van der Waals surface area contributed by atoms with E-state index in [2.05, 4.69) is 47.7 Å². The van der Waals surface area contributed by atoms with Gasteiger partial charge in [0.25, 0.3) is 0 Å². The first-order valence-electron chi connectivity index (χ1n) is 9.23. The second kappa shape index (κ2) is 7.38. The molecule has 2 aliphatic rings. The van der Waals surface area contributed by atoms with Crippen molar-refractivity contribution in [2.45, 2.75) is 64.6 Å². The van der Waals surface area contributed by atoms with Crippen molar-refractivity contribution in [3.8, 4) is 0 Å². The number of fused-ring (bicyclic) bond motifs is 2. The van der Waals surface area contributed by atoms with Crippen molar-refractivity contribution in [2.75, 3.05) is 0 Å². The maximum absolute atomic E-state index is 12.5. The predicted octanol–water partition coefficient (Wildman–Crippen LogP) is 3.74. The number of halogens is 1. The molecule has 3 unspecified atom stereocenters. The zero-order valence-electron chi connectivity index (χ0n) is 15.0. The molecule has 1 aliphatic heterocycles. The van der Waals surface area contributed by atoms with E-state index in [9.17, 15) is 4.79 Å². The highest BCUT2D eigenvalue weighted by Gasteiger charge is 2.37. The van der Waals surface area contributed by atoms with Crippen LogP contribution in [0.3, 0.4) is 0 Å². The molecule has 2 aromatic rings. The average Bonchev–Trinajstić information content (AvgIpc) is 3.15. The summed E-state index contributed by atoms with van der Waals surface area (Å²) < 4.78 is 0. The van der Waals surface area contributed by atoms with E-state index in [1.807, 2.05) is 0 Å². The summed E-state index contributed by atoms with van der Waals surface area (Å²) in [5.41, 5.74) is 4.83. The van der Waals surface area contributed by atoms with Gasteiger partial charge in [-0.1, -0.05) is 18.9 Å². The lowest BCUT2D eigenvalue weighted by Crippen LogP contribution is -2.42. The monoisotopic (exact) mass is 361 g/mol. The van der Waals surface area contributed by atoms with Gasteiger partial charge in [-0.05, 0) is 62.3 Å². The first-order valence-corrected chi connectivity index (χ1v) is 9.23. The van der Waals surface area contributed by atoms with E-state index in [1.165, 1.54) is 47.8 Å². The fourth-order valence-corrected chi connectivity index (χ4v) is 4.45. The Morgan fingerprint density at radius 2 is 2.04 bits per heavy atom. The Morgan fingerprint density at radius 3 is 2.84 bits per heavy atom. The molecule has 136 valence electrons. The number of rotatable bonds is 3. The maximum atomic E-state index is 12.5. The van der Waals surface area contributed by atoms with Crippen molar-refractivity contribution >= 4 is 29.2 Å². The van der Waals surface area contributed by atoms with Crippen LogP contribution in [0.25, 0.3) is 10.9 Å². The lowest BCUT2D eigenvalue weighted by atomic mass is 9.85. The van der Waals surface area contributed by atoms with Crippen LogP contribution in [0.2, 0.25) is 0 Å². The normalized spacial score (nSPS) is 25.4. The van der Waals surface area contributed by atoms with Crippen molar-refractivity contribution in [1.29, 1.82) is 0 Å². The van der Waals surface area contributed by atoms with Gasteiger partial charge < -0.3 is 15.6 Å². The van der Waals surface area contributed by atoms with E-state index < -0.39 is 0 Å². The number of H-pyrrole nitrogens is 1. The Labute approximate surface area is 155 Å². The highest BCUT2D eigenvalue weighted by atomic mass is 35.5. The first-order chi connectivity index (χ1) is 11.6. The van der Waals surface area contributed by atoms with Gasteiger partial charge in [0.2, 0.25) is 5.91 Å². The van der Waals surface area contributed by atoms with Gasteiger partial charge in [0.1, 0.15) is 0 Å². The summed E-state index contributed by atoms with van der Waals surface area (Å²) in [7, 11) is 0. The van der Waals surface area contributed by atoms with E-state index in [0.717, 1.165) is 12.0 Å². The number of hydrogen-bond acceptors (Lipinski definition) is 2. The topological polar surface area (TPSA) is 56.9 Å². The van der Waals surface area contributed by atoms with Crippen LogP contribution in [0.4, 0.5) is 0 Å². The maximum Gasteiger partial charge on any atom is 0.237 e. The molecule has 1 amide bonds. The van der Waals surface area contributed by atoms with Crippen LogP contribution in [0.5, 0.6) is 0 Å². The second-order valence-corrected chi connectivity index (χ2v) is 7.58. The summed E-state index contributed by atoms with van der Waals surface area (Å²) in [6, 6.07) is 6.96. The number of aromatic amines is 1. The highest BCUT2D eigenvalue weighted by molar-refractivity contribution is 5.86. The van der Waals surface area contributed by atoms with Gasteiger partial charge in [-0.2, -0.15) is 0 Å². The van der Waals surface area contributed by atoms with Gasteiger partial charge in [0.05, 0.1) is 6.04 Å². The minimum atomic E-state index is -0.00179. The smallest absolute Gasteiger partial charge is 0.237 e. The largest absolute Gasteiger partial charge is 0.358 e. The summed E-state index contributed by atoms with van der Waals surface area (Å²) in [6.07, 6.45) is 6.15. The summed E-state index contributed by atoms with van der Waals surface area (Å²) in [6.45, 7) is 4.84. The highest BCUT2D eigenvalue weighted by Crippen LogP contribution is 2.33. The standard InChI is InChI=1S/C20H27N3O.ClH/c1-12-13(2)22-18-8-7-14(9-16(12)18)11-21-20(24)19-10-15-5-3-4-6-17(15)23-19;/h7-9,15,17,19,22-23H,3-6,10-11H2,1-2H3,(H,21,24);1H. The second-order valence-electron chi connectivity index (χ2n) is 7.58. The molecule has 2 heterocycles. The quantitative estimate of drug-likeness (QED) is 0.779. The Kier molecular flexibility index (Phi) is 5.40. The van der Waals surface area contributed by atoms with Gasteiger partial charge >= 0.3 is 0 Å². The minimum Gasteiger partial charge on any atom is -0.358 e. The van der Waals surface area contributed by atoms with Gasteiger partial charge in [-0.3, -0.25) is 4.79 Å². The summed E-state index contributed by atoms with van der Waals surface area (Å²) >= 11 is 0. The number of carbonyl (C=O) groups excluding carboxylic acids is 1. The van der Waals surface area contributed by atoms with Crippen LogP contribution in [-0.4, -0.2) is 23.0 Å². The number of hydrogen-bond donors (Lipinski definition) is 3. The SMILES string of the molecule is Cc1[nH]c2ccc(CNC(=O)C3CC4CCCCC4N3)cc2c1C.Cl. The molecule has 1 saturated heterocycles. The number of aromatic nitrogens is 1. The molecule has 3 atom stereocenters. The summed E-state index contributed by atoms with van der Waals surface area (Å²) in [5.74, 6) is 0.864. The summed E-state index contributed by atoms with van der Waals surface area (Å²) in [4.78, 5) is 15.9. The molecule has 2 fully saturated rings. The van der Waals surface area contributed by atoms with Crippen LogP contribution >= 0.6 is 12.4 Å². The number of nitrogens with one attached hydrogen (secondary N) is 3. The number of benzene rings is 1. The van der Waals surface area contributed by atoms with E-state index >= 15 is 0 Å². The average molecular weight is 362 g/mol. The van der Waals surface area contributed by atoms with Crippen molar-refractivity contribution in [3.63, 3.8) is 0 Å².